The highest BCUT2D eigenvalue weighted by Crippen LogP contribution is 2.29. The van der Waals surface area contributed by atoms with Crippen LogP contribution in [0.25, 0.3) is 16.6 Å². The Morgan fingerprint density at radius 1 is 1.00 bits per heavy atom. The molecule has 0 N–H and O–H groups in total. The number of hydrogen-bond donors (Lipinski definition) is 0. The molecule has 1 unspecified atom stereocenters. The first-order valence-electron chi connectivity index (χ1n) is 10.7. The maximum absolute atomic E-state index is 13.7. The number of para-hydroxylation sites is 1. The second-order valence-electron chi connectivity index (χ2n) is 7.94. The Labute approximate surface area is 212 Å². The molecular weight excluding hydrogens is 493 g/mol. The van der Waals surface area contributed by atoms with E-state index in [9.17, 15) is 9.59 Å². The lowest BCUT2D eigenvalue weighted by atomic mass is 10.1. The predicted octanol–water partition coefficient (Wildman–Crippen LogP) is 6.24. The van der Waals surface area contributed by atoms with Crippen LogP contribution >= 0.6 is 34.8 Å². The quantitative estimate of drug-likeness (QED) is 0.286. The molecule has 0 fully saturated rings. The van der Waals surface area contributed by atoms with Crippen molar-refractivity contribution < 1.29 is 4.79 Å². The van der Waals surface area contributed by atoms with Crippen LogP contribution in [0.15, 0.2) is 77.6 Å². The smallest absolute Gasteiger partial charge is 0.266 e. The van der Waals surface area contributed by atoms with Gasteiger partial charge in [0.15, 0.2) is 4.84 Å². The van der Waals surface area contributed by atoms with E-state index in [-0.39, 0.29) is 12.1 Å². The minimum absolute atomic E-state index is 0.244. The van der Waals surface area contributed by atoms with E-state index in [1.807, 2.05) is 56.3 Å². The number of aromatic nitrogens is 2. The molecule has 1 heterocycles. The maximum Gasteiger partial charge on any atom is 0.266 e. The average molecular weight is 515 g/mol. The Balaban J connectivity index is 1.96. The van der Waals surface area contributed by atoms with Crippen molar-refractivity contribution in [2.45, 2.75) is 31.3 Å². The number of carbonyl (C=O) groups excluding carboxylic acids is 1. The molecule has 4 rings (SSSR count). The van der Waals surface area contributed by atoms with Gasteiger partial charge < -0.3 is 4.90 Å². The average Bonchev–Trinajstić information content (AvgIpc) is 2.84. The minimum atomic E-state index is -1.26. The second-order valence-corrected chi connectivity index (χ2v) is 9.44. The summed E-state index contributed by atoms with van der Waals surface area (Å²) in [5.74, 6) is -0.0937. The Hall–Kier alpha value is -2.86. The first-order valence-corrected chi connectivity index (χ1v) is 11.9. The Morgan fingerprint density at radius 3 is 2.38 bits per heavy atom. The number of alkyl halides is 2. The van der Waals surface area contributed by atoms with Crippen molar-refractivity contribution in [3.05, 3.63) is 105 Å². The topological polar surface area (TPSA) is 55.2 Å². The summed E-state index contributed by atoms with van der Waals surface area (Å²) in [6, 6.07) is 21.3. The van der Waals surface area contributed by atoms with Gasteiger partial charge in [0.05, 0.1) is 22.6 Å². The van der Waals surface area contributed by atoms with E-state index in [0.717, 1.165) is 11.1 Å². The number of halogens is 3. The summed E-state index contributed by atoms with van der Waals surface area (Å²) in [6.45, 7) is 3.89. The van der Waals surface area contributed by atoms with Crippen LogP contribution in [0.3, 0.4) is 0 Å². The molecule has 0 aliphatic heterocycles. The lowest BCUT2D eigenvalue weighted by Gasteiger charge is -2.31. The molecule has 8 heteroatoms. The van der Waals surface area contributed by atoms with Crippen LogP contribution in [0.4, 0.5) is 0 Å². The molecule has 0 saturated heterocycles. The van der Waals surface area contributed by atoms with Crippen molar-refractivity contribution in [2.24, 2.45) is 0 Å². The molecule has 0 radical (unpaired) electrons. The van der Waals surface area contributed by atoms with Crippen LogP contribution in [0.5, 0.6) is 0 Å². The molecule has 174 valence electrons. The Bertz CT molecular complexity index is 1400. The van der Waals surface area contributed by atoms with Crippen molar-refractivity contribution in [3.8, 4) is 5.69 Å². The van der Waals surface area contributed by atoms with Crippen molar-refractivity contribution in [1.29, 1.82) is 0 Å². The van der Waals surface area contributed by atoms with Crippen LogP contribution < -0.4 is 5.56 Å². The van der Waals surface area contributed by atoms with Crippen LogP contribution in [-0.4, -0.2) is 25.2 Å². The summed E-state index contributed by atoms with van der Waals surface area (Å²) in [4.78, 5) is 31.9. The number of benzene rings is 3. The lowest BCUT2D eigenvalue weighted by Crippen LogP contribution is -2.39. The molecule has 0 spiro atoms. The third kappa shape index (κ3) is 4.69. The lowest BCUT2D eigenvalue weighted by molar-refractivity contribution is -0.132. The van der Waals surface area contributed by atoms with E-state index >= 15 is 0 Å². The Kier molecular flexibility index (Phi) is 7.27. The van der Waals surface area contributed by atoms with E-state index in [4.69, 9.17) is 39.8 Å². The Morgan fingerprint density at radius 2 is 1.68 bits per heavy atom. The van der Waals surface area contributed by atoms with Crippen LogP contribution in [0.2, 0.25) is 5.02 Å². The third-order valence-corrected chi connectivity index (χ3v) is 6.57. The highest BCUT2D eigenvalue weighted by molar-refractivity contribution is 6.53. The third-order valence-electron chi connectivity index (χ3n) is 5.79. The molecular formula is C26H22Cl3N3O2. The van der Waals surface area contributed by atoms with E-state index in [2.05, 4.69) is 0 Å². The van der Waals surface area contributed by atoms with Crippen LogP contribution in [-0.2, 0) is 11.3 Å². The number of fused-ring (bicyclic) bond motifs is 1. The monoisotopic (exact) mass is 513 g/mol. The summed E-state index contributed by atoms with van der Waals surface area (Å²) in [6.07, 6.45) is 0. The maximum atomic E-state index is 13.7. The largest absolute Gasteiger partial charge is 0.326 e. The summed E-state index contributed by atoms with van der Waals surface area (Å²) < 4.78 is 1.52. The SMILES string of the molecule is Cc1c(Cl)cccc1-n1c(C(C)N(Cc2ccccc2)C(=O)C(Cl)Cl)nc2ccccc2c1=O. The minimum Gasteiger partial charge on any atom is -0.326 e. The molecule has 0 saturated carbocycles. The van der Waals surface area contributed by atoms with Crippen molar-refractivity contribution in [3.63, 3.8) is 0 Å². The molecule has 0 bridgehead atoms. The molecule has 1 amide bonds. The fourth-order valence-corrected chi connectivity index (χ4v) is 4.37. The number of hydrogen-bond acceptors (Lipinski definition) is 3. The summed E-state index contributed by atoms with van der Waals surface area (Å²) in [5.41, 5.74) is 2.50. The molecule has 0 aliphatic rings. The number of rotatable bonds is 6. The van der Waals surface area contributed by atoms with Gasteiger partial charge in [-0.25, -0.2) is 4.98 Å². The van der Waals surface area contributed by atoms with Gasteiger partial charge in [-0.3, -0.25) is 14.2 Å². The summed E-state index contributed by atoms with van der Waals surface area (Å²) in [7, 11) is 0. The van der Waals surface area contributed by atoms with Crippen LogP contribution in [0, 0.1) is 6.92 Å². The van der Waals surface area contributed by atoms with Gasteiger partial charge in [0.25, 0.3) is 11.5 Å². The van der Waals surface area contributed by atoms with Gasteiger partial charge in [0.1, 0.15) is 5.82 Å². The second kappa shape index (κ2) is 10.2. The van der Waals surface area contributed by atoms with Crippen molar-refractivity contribution in [1.82, 2.24) is 14.5 Å². The molecule has 1 aromatic heterocycles. The highest BCUT2D eigenvalue weighted by Gasteiger charge is 2.30. The molecule has 4 aromatic rings. The zero-order valence-corrected chi connectivity index (χ0v) is 20.8. The normalized spacial score (nSPS) is 12.2. The van der Waals surface area contributed by atoms with Crippen LogP contribution in [0.1, 0.15) is 29.9 Å². The predicted molar refractivity (Wildman–Crippen MR) is 138 cm³/mol. The zero-order valence-electron chi connectivity index (χ0n) is 18.6. The number of carbonyl (C=O) groups is 1. The first kappa shape index (κ1) is 24.3. The van der Waals surface area contributed by atoms with Gasteiger partial charge in [-0.1, -0.05) is 83.3 Å². The van der Waals surface area contributed by atoms with Gasteiger partial charge in [-0.2, -0.15) is 0 Å². The van der Waals surface area contributed by atoms with Crippen molar-refractivity contribution in [2.75, 3.05) is 0 Å². The number of nitrogens with zero attached hydrogens (tertiary/aromatic N) is 3. The fourth-order valence-electron chi connectivity index (χ4n) is 3.95. The zero-order chi connectivity index (χ0) is 24.4. The van der Waals surface area contributed by atoms with Gasteiger partial charge in [-0.05, 0) is 49.2 Å². The van der Waals surface area contributed by atoms with E-state index in [0.29, 0.717) is 27.4 Å². The van der Waals surface area contributed by atoms with E-state index < -0.39 is 16.8 Å². The van der Waals surface area contributed by atoms with Gasteiger partial charge in [0, 0.05) is 11.6 Å². The van der Waals surface area contributed by atoms with Crippen molar-refractivity contribution >= 4 is 51.6 Å². The first-order chi connectivity index (χ1) is 16.3. The standard InChI is InChI=1S/C26H22Cl3N3O2/c1-16-20(27)12-8-14-22(16)32-24(30-21-13-7-6-11-19(21)25(32)33)17(2)31(26(34)23(28)29)15-18-9-4-3-5-10-18/h3-14,17,23H,15H2,1-2H3. The molecule has 3 aromatic carbocycles. The van der Waals surface area contributed by atoms with Gasteiger partial charge >= 0.3 is 0 Å². The molecule has 34 heavy (non-hydrogen) atoms. The van der Waals surface area contributed by atoms with Gasteiger partial charge in [0.2, 0.25) is 0 Å². The molecule has 1 atom stereocenters. The number of amides is 1. The van der Waals surface area contributed by atoms with Gasteiger partial charge in [-0.15, -0.1) is 0 Å². The summed E-state index contributed by atoms with van der Waals surface area (Å²) >= 11 is 18.4. The van der Waals surface area contributed by atoms with E-state index in [1.54, 1.807) is 30.3 Å². The molecule has 0 aliphatic carbocycles. The fraction of sp³-hybridized carbons (Fsp3) is 0.192. The summed E-state index contributed by atoms with van der Waals surface area (Å²) in [5, 5.41) is 0.987. The molecule has 5 nitrogen and oxygen atoms in total. The van der Waals surface area contributed by atoms with E-state index in [1.165, 1.54) is 9.47 Å². The highest BCUT2D eigenvalue weighted by atomic mass is 35.5.